The van der Waals surface area contributed by atoms with Gasteiger partial charge in [0.1, 0.15) is 0 Å². The first-order chi connectivity index (χ1) is 7.24. The van der Waals surface area contributed by atoms with Crippen molar-refractivity contribution >= 4 is 35.1 Å². The molecule has 0 saturated heterocycles. The van der Waals surface area contributed by atoms with E-state index in [1.807, 2.05) is 18.3 Å². The number of aromatic amines is 1. The van der Waals surface area contributed by atoms with Crippen LogP contribution in [0.15, 0.2) is 41.5 Å². The molecule has 1 N–H and O–H groups in total. The normalized spacial score (nSPS) is 11.1. The predicted octanol–water partition coefficient (Wildman–Crippen LogP) is 4.07. The highest BCUT2D eigenvalue weighted by atomic mass is 35.5. The second kappa shape index (κ2) is 4.51. The van der Waals surface area contributed by atoms with Crippen LogP contribution in [0, 0.1) is 0 Å². The third-order valence-electron chi connectivity index (χ3n) is 1.82. The van der Waals surface area contributed by atoms with Crippen LogP contribution in [0.4, 0.5) is 5.69 Å². The minimum Gasteiger partial charge on any atom is -0.360 e. The van der Waals surface area contributed by atoms with Crippen molar-refractivity contribution in [3.05, 3.63) is 52.3 Å². The van der Waals surface area contributed by atoms with Crippen LogP contribution in [0.1, 0.15) is 5.69 Å². The van der Waals surface area contributed by atoms with Gasteiger partial charge in [-0.3, -0.25) is 4.99 Å². The Balaban J connectivity index is 2.24. The van der Waals surface area contributed by atoms with E-state index < -0.39 is 0 Å². The molecule has 2 aromatic rings. The van der Waals surface area contributed by atoms with Crippen molar-refractivity contribution in [3.63, 3.8) is 0 Å². The van der Waals surface area contributed by atoms with Gasteiger partial charge in [0.25, 0.3) is 0 Å². The van der Waals surface area contributed by atoms with E-state index in [1.165, 1.54) is 0 Å². The van der Waals surface area contributed by atoms with Gasteiger partial charge in [0.05, 0.1) is 17.6 Å². The van der Waals surface area contributed by atoms with E-state index in [1.54, 1.807) is 24.4 Å². The molecule has 15 heavy (non-hydrogen) atoms. The molecule has 76 valence electrons. The smallest absolute Gasteiger partial charge is 0.0660 e. The topological polar surface area (TPSA) is 28.1 Å². The van der Waals surface area contributed by atoms with E-state index in [0.29, 0.717) is 10.0 Å². The lowest BCUT2D eigenvalue weighted by molar-refractivity contribution is 1.38. The fraction of sp³-hybridized carbons (Fsp3) is 0. The van der Waals surface area contributed by atoms with Crippen LogP contribution in [0.2, 0.25) is 10.0 Å². The summed E-state index contributed by atoms with van der Waals surface area (Å²) in [6.07, 6.45) is 3.56. The zero-order chi connectivity index (χ0) is 10.7. The van der Waals surface area contributed by atoms with Gasteiger partial charge in [0, 0.05) is 16.2 Å². The molecule has 2 nitrogen and oxygen atoms in total. The summed E-state index contributed by atoms with van der Waals surface area (Å²) in [7, 11) is 0. The highest BCUT2D eigenvalue weighted by Gasteiger charge is 1.95. The number of benzene rings is 1. The number of rotatable bonds is 2. The van der Waals surface area contributed by atoms with Crippen LogP contribution in [-0.4, -0.2) is 11.2 Å². The molecule has 1 aromatic carbocycles. The molecule has 1 heterocycles. The summed E-state index contributed by atoms with van der Waals surface area (Å²) >= 11 is 11.7. The SMILES string of the molecule is Clc1cc(Cl)cc(N=Cc2ccc[nH]2)c1. The van der Waals surface area contributed by atoms with Crippen LogP contribution in [-0.2, 0) is 0 Å². The first kappa shape index (κ1) is 10.3. The lowest BCUT2D eigenvalue weighted by Crippen LogP contribution is -1.78. The Morgan fingerprint density at radius 2 is 1.87 bits per heavy atom. The largest absolute Gasteiger partial charge is 0.360 e. The van der Waals surface area contributed by atoms with Gasteiger partial charge in [-0.05, 0) is 30.3 Å². The second-order valence-corrected chi connectivity index (χ2v) is 3.88. The first-order valence-electron chi connectivity index (χ1n) is 4.37. The van der Waals surface area contributed by atoms with E-state index in [2.05, 4.69) is 9.98 Å². The Morgan fingerprint density at radius 1 is 1.13 bits per heavy atom. The molecule has 0 aliphatic rings. The maximum Gasteiger partial charge on any atom is 0.0660 e. The molecule has 4 heteroatoms. The number of nitrogens with zero attached hydrogens (tertiary/aromatic N) is 1. The van der Waals surface area contributed by atoms with Crippen LogP contribution >= 0.6 is 23.2 Å². The number of nitrogens with one attached hydrogen (secondary N) is 1. The zero-order valence-electron chi connectivity index (χ0n) is 7.74. The minimum absolute atomic E-state index is 0.584. The van der Waals surface area contributed by atoms with Crippen molar-refractivity contribution in [2.75, 3.05) is 0 Å². The molecule has 0 spiro atoms. The number of halogens is 2. The molecular formula is C11H8Cl2N2. The van der Waals surface area contributed by atoms with Crippen molar-refractivity contribution in [1.82, 2.24) is 4.98 Å². The third kappa shape index (κ3) is 2.85. The van der Waals surface area contributed by atoms with Gasteiger partial charge in [-0.15, -0.1) is 0 Å². The predicted molar refractivity (Wildman–Crippen MR) is 64.5 cm³/mol. The molecule has 0 bridgehead atoms. The quantitative estimate of drug-likeness (QED) is 0.765. The van der Waals surface area contributed by atoms with E-state index in [4.69, 9.17) is 23.2 Å². The Morgan fingerprint density at radius 3 is 2.47 bits per heavy atom. The number of hydrogen-bond donors (Lipinski definition) is 1. The molecular weight excluding hydrogens is 231 g/mol. The van der Waals surface area contributed by atoms with Crippen LogP contribution in [0.3, 0.4) is 0 Å². The van der Waals surface area contributed by atoms with Gasteiger partial charge in [0.15, 0.2) is 0 Å². The average molecular weight is 239 g/mol. The Bertz CT molecular complexity index is 455. The number of hydrogen-bond acceptors (Lipinski definition) is 1. The van der Waals surface area contributed by atoms with E-state index >= 15 is 0 Å². The van der Waals surface area contributed by atoms with Gasteiger partial charge >= 0.3 is 0 Å². The van der Waals surface area contributed by atoms with Crippen LogP contribution < -0.4 is 0 Å². The maximum atomic E-state index is 5.84. The lowest BCUT2D eigenvalue weighted by atomic mass is 10.3. The Hall–Kier alpha value is -1.25. The standard InChI is InChI=1S/C11H8Cl2N2/c12-8-4-9(13)6-11(5-8)15-7-10-2-1-3-14-10/h1-7,14H. The summed E-state index contributed by atoms with van der Waals surface area (Å²) in [6, 6.07) is 9.03. The van der Waals surface area contributed by atoms with Crippen molar-refractivity contribution in [3.8, 4) is 0 Å². The van der Waals surface area contributed by atoms with Crippen molar-refractivity contribution in [2.45, 2.75) is 0 Å². The number of aliphatic imine (C=N–C) groups is 1. The summed E-state index contributed by atoms with van der Waals surface area (Å²) < 4.78 is 0. The third-order valence-corrected chi connectivity index (χ3v) is 2.26. The summed E-state index contributed by atoms with van der Waals surface area (Å²) in [5, 5.41) is 1.17. The second-order valence-electron chi connectivity index (χ2n) is 3.01. The molecule has 0 radical (unpaired) electrons. The molecule has 0 aliphatic heterocycles. The summed E-state index contributed by atoms with van der Waals surface area (Å²) in [5.41, 5.74) is 1.67. The molecule has 0 amide bonds. The van der Waals surface area contributed by atoms with Crippen LogP contribution in [0.5, 0.6) is 0 Å². The monoisotopic (exact) mass is 238 g/mol. The fourth-order valence-corrected chi connectivity index (χ4v) is 1.70. The summed E-state index contributed by atoms with van der Waals surface area (Å²) in [6.45, 7) is 0. The lowest BCUT2D eigenvalue weighted by Gasteiger charge is -1.96. The van der Waals surface area contributed by atoms with Gasteiger partial charge in [-0.2, -0.15) is 0 Å². The van der Waals surface area contributed by atoms with E-state index in [9.17, 15) is 0 Å². The molecule has 1 aromatic heterocycles. The van der Waals surface area contributed by atoms with Gasteiger partial charge < -0.3 is 4.98 Å². The first-order valence-corrected chi connectivity index (χ1v) is 5.13. The van der Waals surface area contributed by atoms with Crippen LogP contribution in [0.25, 0.3) is 0 Å². The minimum atomic E-state index is 0.584. The summed E-state index contributed by atoms with van der Waals surface area (Å²) in [5.74, 6) is 0. The Kier molecular flexibility index (Phi) is 3.09. The zero-order valence-corrected chi connectivity index (χ0v) is 9.26. The van der Waals surface area contributed by atoms with Gasteiger partial charge in [-0.25, -0.2) is 0 Å². The maximum absolute atomic E-state index is 5.84. The van der Waals surface area contributed by atoms with E-state index in [0.717, 1.165) is 11.4 Å². The molecule has 0 saturated carbocycles. The van der Waals surface area contributed by atoms with Crippen molar-refractivity contribution in [2.24, 2.45) is 4.99 Å². The highest BCUT2D eigenvalue weighted by Crippen LogP contribution is 2.24. The van der Waals surface area contributed by atoms with E-state index in [-0.39, 0.29) is 0 Å². The van der Waals surface area contributed by atoms with Crippen molar-refractivity contribution in [1.29, 1.82) is 0 Å². The fourth-order valence-electron chi connectivity index (χ4n) is 1.18. The van der Waals surface area contributed by atoms with Gasteiger partial charge in [0.2, 0.25) is 0 Å². The average Bonchev–Trinajstić information content (AvgIpc) is 2.65. The Labute approximate surface area is 97.6 Å². The summed E-state index contributed by atoms with van der Waals surface area (Å²) in [4.78, 5) is 7.27. The molecule has 0 atom stereocenters. The number of H-pyrrole nitrogens is 1. The molecule has 2 rings (SSSR count). The number of aromatic nitrogens is 1. The van der Waals surface area contributed by atoms with Gasteiger partial charge in [-0.1, -0.05) is 23.2 Å². The molecule has 0 unspecified atom stereocenters. The van der Waals surface area contributed by atoms with Crippen molar-refractivity contribution < 1.29 is 0 Å². The molecule has 0 aliphatic carbocycles. The molecule has 0 fully saturated rings. The highest BCUT2D eigenvalue weighted by molar-refractivity contribution is 6.35.